The van der Waals surface area contributed by atoms with Crippen molar-refractivity contribution >= 4 is 5.91 Å². The third-order valence-electron chi connectivity index (χ3n) is 3.63. The molecule has 122 valence electrons. The maximum atomic E-state index is 12.0. The summed E-state index contributed by atoms with van der Waals surface area (Å²) in [5.41, 5.74) is 2.10. The number of hydrogen-bond donors (Lipinski definition) is 1. The number of carbonyl (C=O) groups is 1. The minimum absolute atomic E-state index is 0.00646. The van der Waals surface area contributed by atoms with Crippen molar-refractivity contribution in [2.24, 2.45) is 0 Å². The Morgan fingerprint density at radius 1 is 1.22 bits per heavy atom. The van der Waals surface area contributed by atoms with Crippen molar-refractivity contribution in [3.8, 4) is 5.75 Å². The van der Waals surface area contributed by atoms with Crippen molar-refractivity contribution in [1.29, 1.82) is 0 Å². The lowest BCUT2D eigenvalue weighted by molar-refractivity contribution is -0.121. The summed E-state index contributed by atoms with van der Waals surface area (Å²) in [5, 5.41) is 3.03. The molecule has 1 aromatic heterocycles. The number of nitrogens with one attached hydrogen (secondary N) is 1. The largest absolute Gasteiger partial charge is 0.494 e. The fourth-order valence-electron chi connectivity index (χ4n) is 2.39. The van der Waals surface area contributed by atoms with Crippen LogP contribution in [0.1, 0.15) is 44.0 Å². The van der Waals surface area contributed by atoms with Gasteiger partial charge in [0.1, 0.15) is 5.75 Å². The van der Waals surface area contributed by atoms with E-state index >= 15 is 0 Å². The number of hydrogen-bond acceptors (Lipinski definition) is 3. The van der Waals surface area contributed by atoms with Gasteiger partial charge in [-0.25, -0.2) is 0 Å². The van der Waals surface area contributed by atoms with Gasteiger partial charge in [-0.3, -0.25) is 9.78 Å². The van der Waals surface area contributed by atoms with Crippen LogP contribution in [0.3, 0.4) is 0 Å². The fraction of sp³-hybridized carbons (Fsp3) is 0.368. The van der Waals surface area contributed by atoms with Gasteiger partial charge < -0.3 is 10.1 Å². The van der Waals surface area contributed by atoms with Gasteiger partial charge in [-0.05, 0) is 56.5 Å². The molecule has 1 N–H and O–H groups in total. The Kier molecular flexibility index (Phi) is 6.60. The number of carbonyl (C=O) groups excluding carboxylic acids is 1. The van der Waals surface area contributed by atoms with Gasteiger partial charge in [-0.15, -0.1) is 0 Å². The normalized spacial score (nSPS) is 11.7. The molecule has 2 aromatic rings. The molecule has 23 heavy (non-hydrogen) atoms. The molecule has 0 aliphatic carbocycles. The first-order chi connectivity index (χ1) is 11.2. The minimum atomic E-state index is -0.00646. The summed E-state index contributed by atoms with van der Waals surface area (Å²) < 4.78 is 5.42. The smallest absolute Gasteiger partial charge is 0.220 e. The molecular formula is C19H24N2O2. The molecule has 0 saturated carbocycles. The van der Waals surface area contributed by atoms with Crippen LogP contribution in [-0.4, -0.2) is 17.5 Å². The van der Waals surface area contributed by atoms with Gasteiger partial charge in [-0.1, -0.05) is 18.2 Å². The molecule has 0 aliphatic heterocycles. The standard InChI is InChI=1S/C19H24N2O2/c1-3-23-18-12-10-16(11-13-18)15(2)21-19(22)9-6-8-17-7-4-5-14-20-17/h4-5,7,10-15H,3,6,8-9H2,1-2H3,(H,21,22)/t15-/m0/s1. The van der Waals surface area contributed by atoms with E-state index in [1.807, 2.05) is 56.3 Å². The highest BCUT2D eigenvalue weighted by molar-refractivity contribution is 5.76. The third kappa shape index (κ3) is 5.74. The number of rotatable bonds is 8. The van der Waals surface area contributed by atoms with Crippen LogP contribution in [0.15, 0.2) is 48.7 Å². The number of aryl methyl sites for hydroxylation is 1. The molecule has 4 nitrogen and oxygen atoms in total. The number of amides is 1. The Labute approximate surface area is 137 Å². The van der Waals surface area contributed by atoms with Crippen molar-refractivity contribution < 1.29 is 9.53 Å². The van der Waals surface area contributed by atoms with Crippen LogP contribution in [0.2, 0.25) is 0 Å². The lowest BCUT2D eigenvalue weighted by Gasteiger charge is -2.15. The zero-order chi connectivity index (χ0) is 16.5. The zero-order valence-corrected chi connectivity index (χ0v) is 13.8. The molecule has 1 heterocycles. The van der Waals surface area contributed by atoms with Crippen LogP contribution in [0.4, 0.5) is 0 Å². The zero-order valence-electron chi connectivity index (χ0n) is 13.8. The summed E-state index contributed by atoms with van der Waals surface area (Å²) in [4.78, 5) is 16.3. The first-order valence-electron chi connectivity index (χ1n) is 8.11. The highest BCUT2D eigenvalue weighted by Crippen LogP contribution is 2.17. The van der Waals surface area contributed by atoms with E-state index in [9.17, 15) is 4.79 Å². The molecule has 0 unspecified atom stereocenters. The molecule has 4 heteroatoms. The quantitative estimate of drug-likeness (QED) is 0.809. The van der Waals surface area contributed by atoms with Crippen LogP contribution in [0.25, 0.3) is 0 Å². The average Bonchev–Trinajstić information content (AvgIpc) is 2.57. The SMILES string of the molecule is CCOc1ccc([C@H](C)NC(=O)CCCc2ccccn2)cc1. The molecule has 0 aliphatic rings. The van der Waals surface area contributed by atoms with Crippen LogP contribution in [0, 0.1) is 0 Å². The van der Waals surface area contributed by atoms with Crippen molar-refractivity contribution in [3.05, 3.63) is 59.9 Å². The number of nitrogens with zero attached hydrogens (tertiary/aromatic N) is 1. The first-order valence-corrected chi connectivity index (χ1v) is 8.11. The Morgan fingerprint density at radius 2 is 2.00 bits per heavy atom. The van der Waals surface area contributed by atoms with Gasteiger partial charge >= 0.3 is 0 Å². The number of benzene rings is 1. The second-order valence-electron chi connectivity index (χ2n) is 5.47. The Bertz CT molecular complexity index is 597. The van der Waals surface area contributed by atoms with E-state index in [0.29, 0.717) is 13.0 Å². The Morgan fingerprint density at radius 3 is 2.65 bits per heavy atom. The average molecular weight is 312 g/mol. The maximum Gasteiger partial charge on any atom is 0.220 e. The minimum Gasteiger partial charge on any atom is -0.494 e. The van der Waals surface area contributed by atoms with E-state index in [4.69, 9.17) is 4.74 Å². The monoisotopic (exact) mass is 312 g/mol. The summed E-state index contributed by atoms with van der Waals surface area (Å²) in [6.45, 7) is 4.61. The van der Waals surface area contributed by atoms with Gasteiger partial charge in [0.15, 0.2) is 0 Å². The number of pyridine rings is 1. The summed E-state index contributed by atoms with van der Waals surface area (Å²) in [7, 11) is 0. The highest BCUT2D eigenvalue weighted by Gasteiger charge is 2.09. The summed E-state index contributed by atoms with van der Waals surface area (Å²) in [6, 6.07) is 13.7. The molecule has 2 rings (SSSR count). The lowest BCUT2D eigenvalue weighted by Crippen LogP contribution is -2.26. The molecule has 1 aromatic carbocycles. The van der Waals surface area contributed by atoms with Crippen LogP contribution in [-0.2, 0) is 11.2 Å². The van der Waals surface area contributed by atoms with Crippen LogP contribution < -0.4 is 10.1 Å². The molecule has 0 fully saturated rings. The van der Waals surface area contributed by atoms with Crippen LogP contribution in [0.5, 0.6) is 5.75 Å². The van der Waals surface area contributed by atoms with E-state index < -0.39 is 0 Å². The molecule has 1 amide bonds. The van der Waals surface area contributed by atoms with Gasteiger partial charge in [0.2, 0.25) is 5.91 Å². The van der Waals surface area contributed by atoms with E-state index in [-0.39, 0.29) is 11.9 Å². The van der Waals surface area contributed by atoms with Gasteiger partial charge in [0.05, 0.1) is 12.6 Å². The van der Waals surface area contributed by atoms with E-state index in [2.05, 4.69) is 10.3 Å². The van der Waals surface area contributed by atoms with Gasteiger partial charge in [-0.2, -0.15) is 0 Å². The lowest BCUT2D eigenvalue weighted by atomic mass is 10.1. The van der Waals surface area contributed by atoms with Crippen molar-refractivity contribution in [2.75, 3.05) is 6.61 Å². The third-order valence-corrected chi connectivity index (χ3v) is 3.63. The second-order valence-corrected chi connectivity index (χ2v) is 5.47. The maximum absolute atomic E-state index is 12.0. The van der Waals surface area contributed by atoms with Crippen molar-refractivity contribution in [3.63, 3.8) is 0 Å². The van der Waals surface area contributed by atoms with E-state index in [1.165, 1.54) is 0 Å². The Hall–Kier alpha value is -2.36. The van der Waals surface area contributed by atoms with Gasteiger partial charge in [0, 0.05) is 18.3 Å². The molecule has 0 radical (unpaired) electrons. The summed E-state index contributed by atoms with van der Waals surface area (Å²) in [6.07, 6.45) is 3.92. The first kappa shape index (κ1) is 17.0. The van der Waals surface area contributed by atoms with Crippen LogP contribution >= 0.6 is 0 Å². The molecule has 0 bridgehead atoms. The van der Waals surface area contributed by atoms with Gasteiger partial charge in [0.25, 0.3) is 0 Å². The topological polar surface area (TPSA) is 51.2 Å². The molecule has 1 atom stereocenters. The molecular weight excluding hydrogens is 288 g/mol. The van der Waals surface area contributed by atoms with Crippen molar-refractivity contribution in [1.82, 2.24) is 10.3 Å². The summed E-state index contributed by atoms with van der Waals surface area (Å²) in [5.74, 6) is 0.924. The predicted octanol–water partition coefficient (Wildman–Crippen LogP) is 3.68. The van der Waals surface area contributed by atoms with E-state index in [1.54, 1.807) is 6.20 Å². The number of ether oxygens (including phenoxy) is 1. The molecule has 0 saturated heterocycles. The Balaban J connectivity index is 1.75. The predicted molar refractivity (Wildman–Crippen MR) is 91.3 cm³/mol. The molecule has 0 spiro atoms. The van der Waals surface area contributed by atoms with E-state index in [0.717, 1.165) is 29.8 Å². The number of aromatic nitrogens is 1. The van der Waals surface area contributed by atoms with Crippen molar-refractivity contribution in [2.45, 2.75) is 39.2 Å². The second kappa shape index (κ2) is 8.93. The summed E-state index contributed by atoms with van der Waals surface area (Å²) >= 11 is 0. The fourth-order valence-corrected chi connectivity index (χ4v) is 2.39. The highest BCUT2D eigenvalue weighted by atomic mass is 16.5.